The zero-order valence-electron chi connectivity index (χ0n) is 6.59. The summed E-state index contributed by atoms with van der Waals surface area (Å²) in [5, 5.41) is 30.4. The molecule has 6 nitrogen and oxygen atoms in total. The maximum Gasteiger partial charge on any atom is 0.123 e. The Hall–Kier alpha value is -0.240. The Morgan fingerprint density at radius 3 is 2.25 bits per heavy atom. The first kappa shape index (κ1) is 9.85. The Balaban J connectivity index is 2.63. The van der Waals surface area contributed by atoms with E-state index in [1.54, 1.807) is 0 Å². The molecule has 0 aromatic rings. The van der Waals surface area contributed by atoms with Gasteiger partial charge in [0.15, 0.2) is 0 Å². The minimum Gasteiger partial charge on any atom is -0.389 e. The Kier molecular flexibility index (Phi) is 2.99. The van der Waals surface area contributed by atoms with Crippen LogP contribution >= 0.6 is 0 Å². The van der Waals surface area contributed by atoms with Crippen molar-refractivity contribution in [2.45, 2.75) is 30.5 Å². The molecule has 0 radical (unpaired) electrons. The minimum absolute atomic E-state index is 0.141. The number of piperidine rings is 1. The smallest absolute Gasteiger partial charge is 0.123 e. The lowest BCUT2D eigenvalue weighted by atomic mass is 9.93. The highest BCUT2D eigenvalue weighted by Crippen LogP contribution is 2.11. The molecule has 8 N–H and O–H groups in total. The van der Waals surface area contributed by atoms with E-state index >= 15 is 0 Å². The third kappa shape index (κ3) is 1.58. The van der Waals surface area contributed by atoms with E-state index in [9.17, 15) is 15.3 Å². The summed E-state index contributed by atoms with van der Waals surface area (Å²) < 4.78 is 0. The van der Waals surface area contributed by atoms with Crippen LogP contribution in [0.5, 0.6) is 0 Å². The number of nitrogens with two attached hydrogens (primary N) is 2. The third-order valence-corrected chi connectivity index (χ3v) is 2.16. The molecule has 1 aliphatic heterocycles. The molecule has 1 rings (SSSR count). The van der Waals surface area contributed by atoms with Crippen LogP contribution in [0.15, 0.2) is 0 Å². The first-order chi connectivity index (χ1) is 5.57. The zero-order valence-corrected chi connectivity index (χ0v) is 6.59. The second-order valence-electron chi connectivity index (χ2n) is 3.01. The van der Waals surface area contributed by atoms with Crippen molar-refractivity contribution in [1.82, 2.24) is 5.32 Å². The summed E-state index contributed by atoms with van der Waals surface area (Å²) in [5.41, 5.74) is 10.6. The van der Waals surface area contributed by atoms with E-state index in [4.69, 9.17) is 11.5 Å². The molecule has 0 saturated carbocycles. The molecule has 6 heteroatoms. The van der Waals surface area contributed by atoms with Gasteiger partial charge in [0.2, 0.25) is 0 Å². The van der Waals surface area contributed by atoms with Gasteiger partial charge in [-0.15, -0.1) is 0 Å². The molecular formula is C6H15N3O3. The van der Waals surface area contributed by atoms with Gasteiger partial charge in [-0.25, -0.2) is 0 Å². The second-order valence-corrected chi connectivity index (χ2v) is 3.01. The van der Waals surface area contributed by atoms with Crippen LogP contribution in [0.1, 0.15) is 0 Å². The molecule has 0 aromatic carbocycles. The van der Waals surface area contributed by atoms with E-state index in [2.05, 4.69) is 5.32 Å². The van der Waals surface area contributed by atoms with Crippen molar-refractivity contribution >= 4 is 0 Å². The molecule has 1 unspecified atom stereocenters. The lowest BCUT2D eigenvalue weighted by molar-refractivity contribution is -0.0904. The van der Waals surface area contributed by atoms with Gasteiger partial charge in [-0.05, 0) is 0 Å². The molecule has 1 aliphatic rings. The molecule has 0 aliphatic carbocycles. The fourth-order valence-electron chi connectivity index (χ4n) is 1.29. The van der Waals surface area contributed by atoms with Crippen molar-refractivity contribution in [2.75, 3.05) is 6.54 Å². The molecule has 0 amide bonds. The molecular weight excluding hydrogens is 162 g/mol. The molecule has 1 saturated heterocycles. The molecule has 0 aromatic heterocycles. The van der Waals surface area contributed by atoms with Gasteiger partial charge in [0.1, 0.15) is 12.3 Å². The first-order valence-corrected chi connectivity index (χ1v) is 3.84. The van der Waals surface area contributed by atoms with Gasteiger partial charge in [-0.2, -0.15) is 0 Å². The van der Waals surface area contributed by atoms with Crippen LogP contribution in [0.3, 0.4) is 0 Å². The summed E-state index contributed by atoms with van der Waals surface area (Å²) in [7, 11) is 0. The van der Waals surface area contributed by atoms with Crippen molar-refractivity contribution in [3.63, 3.8) is 0 Å². The monoisotopic (exact) mass is 177 g/mol. The van der Waals surface area contributed by atoms with E-state index in [0.717, 1.165) is 0 Å². The number of rotatable bonds is 1. The summed E-state index contributed by atoms with van der Waals surface area (Å²) in [4.78, 5) is 0. The summed E-state index contributed by atoms with van der Waals surface area (Å²) in [5.74, 6) is 0. The Bertz CT molecular complexity index is 152. The molecule has 5 atom stereocenters. The van der Waals surface area contributed by atoms with E-state index in [0.29, 0.717) is 0 Å². The second kappa shape index (κ2) is 3.65. The number of nitrogens with one attached hydrogen (secondary N) is 1. The standard InChI is InChI=1S/C6H15N3O3/c7-1-2-4(10)5(11)3(8)6(12)9-2/h2-6,9-12H,1,7-8H2/t2-,3-,4-,5-,6?/m1/s1. The van der Waals surface area contributed by atoms with Crippen LogP contribution in [0.25, 0.3) is 0 Å². The van der Waals surface area contributed by atoms with Crippen LogP contribution in [0.4, 0.5) is 0 Å². The SMILES string of the molecule is NC[C@H]1NC(O)[C@H](N)[C@@H](O)[C@@H]1O. The van der Waals surface area contributed by atoms with Crippen molar-refractivity contribution in [3.05, 3.63) is 0 Å². The lowest BCUT2D eigenvalue weighted by Gasteiger charge is -2.39. The van der Waals surface area contributed by atoms with Gasteiger partial charge >= 0.3 is 0 Å². The summed E-state index contributed by atoms with van der Waals surface area (Å²) in [6.07, 6.45) is -3.17. The predicted octanol–water partition coefficient (Wildman–Crippen LogP) is -3.72. The van der Waals surface area contributed by atoms with Crippen LogP contribution < -0.4 is 16.8 Å². The molecule has 1 fully saturated rings. The highest BCUT2D eigenvalue weighted by atomic mass is 16.3. The van der Waals surface area contributed by atoms with Crippen LogP contribution in [-0.2, 0) is 0 Å². The van der Waals surface area contributed by atoms with Crippen LogP contribution in [0.2, 0.25) is 0 Å². The number of aliphatic hydroxyl groups is 3. The third-order valence-electron chi connectivity index (χ3n) is 2.16. The van der Waals surface area contributed by atoms with Gasteiger partial charge in [-0.3, -0.25) is 5.32 Å². The van der Waals surface area contributed by atoms with Crippen LogP contribution in [-0.4, -0.2) is 52.4 Å². The van der Waals surface area contributed by atoms with Crippen molar-refractivity contribution in [1.29, 1.82) is 0 Å². The summed E-state index contributed by atoms with van der Waals surface area (Å²) in [6, 6.07) is -1.38. The molecule has 0 spiro atoms. The molecule has 0 bridgehead atoms. The topological polar surface area (TPSA) is 125 Å². The Labute approximate surface area is 70.2 Å². The fraction of sp³-hybridized carbons (Fsp3) is 1.00. The van der Waals surface area contributed by atoms with Gasteiger partial charge < -0.3 is 26.8 Å². The fourth-order valence-corrected chi connectivity index (χ4v) is 1.29. The maximum absolute atomic E-state index is 9.34. The van der Waals surface area contributed by atoms with Crippen molar-refractivity contribution in [2.24, 2.45) is 11.5 Å². The Morgan fingerprint density at radius 1 is 1.17 bits per heavy atom. The molecule has 12 heavy (non-hydrogen) atoms. The van der Waals surface area contributed by atoms with Crippen molar-refractivity contribution < 1.29 is 15.3 Å². The number of hydrogen-bond acceptors (Lipinski definition) is 6. The van der Waals surface area contributed by atoms with Crippen molar-refractivity contribution in [3.8, 4) is 0 Å². The van der Waals surface area contributed by atoms with E-state index in [1.165, 1.54) is 0 Å². The highest BCUT2D eigenvalue weighted by Gasteiger charge is 2.39. The summed E-state index contributed by atoms with van der Waals surface area (Å²) in [6.45, 7) is 0.141. The lowest BCUT2D eigenvalue weighted by Crippen LogP contribution is -2.69. The van der Waals surface area contributed by atoms with Gasteiger partial charge in [-0.1, -0.05) is 0 Å². The normalized spacial score (nSPS) is 49.2. The number of hydrogen-bond donors (Lipinski definition) is 6. The first-order valence-electron chi connectivity index (χ1n) is 3.84. The average Bonchev–Trinajstić information content (AvgIpc) is 2.08. The predicted molar refractivity (Wildman–Crippen MR) is 42.0 cm³/mol. The zero-order chi connectivity index (χ0) is 9.30. The van der Waals surface area contributed by atoms with Gasteiger partial charge in [0.05, 0.1) is 12.1 Å². The Morgan fingerprint density at radius 2 is 1.75 bits per heavy atom. The number of aliphatic hydroxyl groups excluding tert-OH is 3. The van der Waals surface area contributed by atoms with Gasteiger partial charge in [0, 0.05) is 12.6 Å². The van der Waals surface area contributed by atoms with E-state index < -0.39 is 30.5 Å². The van der Waals surface area contributed by atoms with Crippen LogP contribution in [0, 0.1) is 0 Å². The molecule has 72 valence electrons. The van der Waals surface area contributed by atoms with E-state index in [-0.39, 0.29) is 6.54 Å². The quantitative estimate of drug-likeness (QED) is 0.245. The summed E-state index contributed by atoms with van der Waals surface area (Å²) >= 11 is 0. The highest BCUT2D eigenvalue weighted by molar-refractivity contribution is 4.96. The largest absolute Gasteiger partial charge is 0.389 e. The molecule has 1 heterocycles. The average molecular weight is 177 g/mol. The minimum atomic E-state index is -1.13. The van der Waals surface area contributed by atoms with E-state index in [1.807, 2.05) is 0 Å². The van der Waals surface area contributed by atoms with Gasteiger partial charge in [0.25, 0.3) is 0 Å². The maximum atomic E-state index is 9.34.